The van der Waals surface area contributed by atoms with Gasteiger partial charge in [0.25, 0.3) is 0 Å². The summed E-state index contributed by atoms with van der Waals surface area (Å²) < 4.78 is 2.24. The summed E-state index contributed by atoms with van der Waals surface area (Å²) in [5, 5.41) is 7.77. The van der Waals surface area contributed by atoms with Crippen molar-refractivity contribution in [3.05, 3.63) is 41.2 Å². The molecule has 33 heavy (non-hydrogen) atoms. The van der Waals surface area contributed by atoms with Crippen LogP contribution in [0, 0.1) is 0 Å². The number of nitrogens with one attached hydrogen (secondary N) is 2. The first kappa shape index (κ1) is 25.8. The van der Waals surface area contributed by atoms with E-state index in [-0.39, 0.29) is 24.8 Å². The van der Waals surface area contributed by atoms with Gasteiger partial charge in [0.2, 0.25) is 5.95 Å². The van der Waals surface area contributed by atoms with Crippen LogP contribution in [-0.4, -0.2) is 31.6 Å². The standard InChI is InChI=1S/C23H30ClN7.2ClH/c24-19-8-4-1-5-15(19)13-26-21-20-22(31(14-27-20)18-6-2-3-7-18)30-23(29-21)28-17-11-9-16(25)10-12-17;;/h1,4-5,8,14,16-18H,2-3,6-7,9-13,25H2,(H2,26,28,29,30);2*1H/t16-,17-;;. The first-order chi connectivity index (χ1) is 15.2. The van der Waals surface area contributed by atoms with E-state index < -0.39 is 0 Å². The lowest BCUT2D eigenvalue weighted by Crippen LogP contribution is -2.33. The lowest BCUT2D eigenvalue weighted by Gasteiger charge is -2.27. The summed E-state index contributed by atoms with van der Waals surface area (Å²) in [6, 6.07) is 9.01. The van der Waals surface area contributed by atoms with Crippen molar-refractivity contribution in [1.29, 1.82) is 0 Å². The number of anilines is 2. The second-order valence-electron chi connectivity index (χ2n) is 8.86. The Balaban J connectivity index is 0.00000153. The average Bonchev–Trinajstić information content (AvgIpc) is 3.44. The largest absolute Gasteiger partial charge is 0.364 e. The zero-order chi connectivity index (χ0) is 21.2. The summed E-state index contributed by atoms with van der Waals surface area (Å²) >= 11 is 6.36. The molecular weight excluding hydrogens is 481 g/mol. The van der Waals surface area contributed by atoms with E-state index in [2.05, 4.69) is 15.2 Å². The minimum Gasteiger partial charge on any atom is -0.364 e. The van der Waals surface area contributed by atoms with Gasteiger partial charge in [-0.15, -0.1) is 24.8 Å². The molecule has 0 saturated heterocycles. The number of nitrogens with zero attached hydrogens (tertiary/aromatic N) is 4. The monoisotopic (exact) mass is 511 g/mol. The van der Waals surface area contributed by atoms with Crippen molar-refractivity contribution in [2.45, 2.75) is 76.0 Å². The van der Waals surface area contributed by atoms with Gasteiger partial charge in [-0.1, -0.05) is 42.6 Å². The van der Waals surface area contributed by atoms with Crippen molar-refractivity contribution < 1.29 is 0 Å². The van der Waals surface area contributed by atoms with Gasteiger partial charge in [-0.25, -0.2) is 4.98 Å². The summed E-state index contributed by atoms with van der Waals surface area (Å²) in [7, 11) is 0. The summed E-state index contributed by atoms with van der Waals surface area (Å²) in [6.07, 6.45) is 11.0. The van der Waals surface area contributed by atoms with Crippen molar-refractivity contribution in [3.63, 3.8) is 0 Å². The summed E-state index contributed by atoms with van der Waals surface area (Å²) in [4.78, 5) is 14.4. The molecule has 5 rings (SSSR count). The predicted octanol–water partition coefficient (Wildman–Crippen LogP) is 5.73. The predicted molar refractivity (Wildman–Crippen MR) is 140 cm³/mol. The number of hydrogen-bond donors (Lipinski definition) is 3. The average molecular weight is 513 g/mol. The van der Waals surface area contributed by atoms with Crippen LogP contribution in [0.5, 0.6) is 0 Å². The molecule has 2 saturated carbocycles. The Labute approximate surface area is 212 Å². The molecule has 1 aromatic carbocycles. The highest BCUT2D eigenvalue weighted by Gasteiger charge is 2.23. The van der Waals surface area contributed by atoms with Crippen LogP contribution in [0.25, 0.3) is 11.2 Å². The Hall–Kier alpha value is -1.80. The zero-order valence-corrected chi connectivity index (χ0v) is 20.9. The van der Waals surface area contributed by atoms with Crippen molar-refractivity contribution in [2.75, 3.05) is 10.6 Å². The van der Waals surface area contributed by atoms with Crippen LogP contribution in [0.15, 0.2) is 30.6 Å². The first-order valence-electron chi connectivity index (χ1n) is 11.4. The molecule has 7 nitrogen and oxygen atoms in total. The third-order valence-electron chi connectivity index (χ3n) is 6.65. The van der Waals surface area contributed by atoms with Gasteiger partial charge in [0.15, 0.2) is 17.0 Å². The molecule has 3 aromatic rings. The van der Waals surface area contributed by atoms with Gasteiger partial charge in [-0.3, -0.25) is 0 Å². The van der Waals surface area contributed by atoms with E-state index in [9.17, 15) is 0 Å². The van der Waals surface area contributed by atoms with E-state index >= 15 is 0 Å². The Morgan fingerprint density at radius 1 is 1.00 bits per heavy atom. The van der Waals surface area contributed by atoms with Crippen LogP contribution in [0.3, 0.4) is 0 Å². The first-order valence-corrected chi connectivity index (χ1v) is 11.8. The number of fused-ring (bicyclic) bond motifs is 1. The second kappa shape index (κ2) is 11.6. The fourth-order valence-corrected chi connectivity index (χ4v) is 5.02. The summed E-state index contributed by atoms with van der Waals surface area (Å²) in [5.41, 5.74) is 8.83. The Bertz CT molecular complexity index is 1040. The molecule has 0 radical (unpaired) electrons. The van der Waals surface area contributed by atoms with E-state index in [0.717, 1.165) is 53.3 Å². The van der Waals surface area contributed by atoms with Gasteiger partial charge >= 0.3 is 0 Å². The molecule has 2 aromatic heterocycles. The summed E-state index contributed by atoms with van der Waals surface area (Å²) in [5.74, 6) is 1.41. The van der Waals surface area contributed by atoms with Crippen LogP contribution >= 0.6 is 36.4 Å². The maximum atomic E-state index is 6.36. The van der Waals surface area contributed by atoms with Gasteiger partial charge in [-0.05, 0) is 50.2 Å². The molecule has 0 amide bonds. The smallest absolute Gasteiger partial charge is 0.227 e. The van der Waals surface area contributed by atoms with Crippen LogP contribution in [-0.2, 0) is 6.54 Å². The van der Waals surface area contributed by atoms with Gasteiger partial charge in [0.1, 0.15) is 0 Å². The molecule has 10 heteroatoms. The van der Waals surface area contributed by atoms with Gasteiger partial charge < -0.3 is 20.9 Å². The van der Waals surface area contributed by atoms with Crippen molar-refractivity contribution in [3.8, 4) is 0 Å². The van der Waals surface area contributed by atoms with E-state index in [1.54, 1.807) is 0 Å². The Morgan fingerprint density at radius 2 is 1.73 bits per heavy atom. The minimum absolute atomic E-state index is 0. The topological polar surface area (TPSA) is 93.7 Å². The molecule has 0 bridgehead atoms. The SMILES string of the molecule is Cl.Cl.N[C@H]1CC[C@H](Nc2nc(NCc3ccccc3Cl)c3ncn(C4CCCC4)c3n2)CC1. The maximum absolute atomic E-state index is 6.36. The molecule has 0 atom stereocenters. The normalized spacial score (nSPS) is 20.8. The molecule has 4 N–H and O–H groups in total. The highest BCUT2D eigenvalue weighted by molar-refractivity contribution is 6.31. The molecule has 2 aliphatic carbocycles. The lowest BCUT2D eigenvalue weighted by atomic mass is 9.92. The van der Waals surface area contributed by atoms with Crippen molar-refractivity contribution in [2.24, 2.45) is 5.73 Å². The Morgan fingerprint density at radius 3 is 2.45 bits per heavy atom. The second-order valence-corrected chi connectivity index (χ2v) is 9.27. The highest BCUT2D eigenvalue weighted by atomic mass is 35.5. The van der Waals surface area contributed by atoms with Crippen molar-refractivity contribution >= 4 is 59.3 Å². The molecule has 0 spiro atoms. The minimum atomic E-state index is 0. The molecule has 2 fully saturated rings. The molecule has 2 aliphatic rings. The maximum Gasteiger partial charge on any atom is 0.227 e. The molecular formula is C23H32Cl3N7. The number of imidazole rings is 1. The number of rotatable bonds is 6. The van der Waals surface area contributed by atoms with Gasteiger partial charge in [-0.2, -0.15) is 9.97 Å². The molecule has 180 valence electrons. The molecule has 0 aliphatic heterocycles. The van der Waals surface area contributed by atoms with Crippen LogP contribution in [0.2, 0.25) is 5.02 Å². The van der Waals surface area contributed by atoms with E-state index in [4.69, 9.17) is 32.3 Å². The number of nitrogens with two attached hydrogens (primary N) is 1. The highest BCUT2D eigenvalue weighted by Crippen LogP contribution is 2.33. The van der Waals surface area contributed by atoms with Crippen LogP contribution < -0.4 is 16.4 Å². The summed E-state index contributed by atoms with van der Waals surface area (Å²) in [6.45, 7) is 0.583. The van der Waals surface area contributed by atoms with Crippen molar-refractivity contribution in [1.82, 2.24) is 19.5 Å². The van der Waals surface area contributed by atoms with E-state index in [1.165, 1.54) is 25.7 Å². The third-order valence-corrected chi connectivity index (χ3v) is 7.02. The quantitative estimate of drug-likeness (QED) is 0.390. The van der Waals surface area contributed by atoms with E-state index in [0.29, 0.717) is 30.6 Å². The van der Waals surface area contributed by atoms with Gasteiger partial charge in [0.05, 0.1) is 6.33 Å². The zero-order valence-electron chi connectivity index (χ0n) is 18.5. The fourth-order valence-electron chi connectivity index (χ4n) is 4.82. The number of hydrogen-bond acceptors (Lipinski definition) is 6. The third kappa shape index (κ3) is 5.83. The van der Waals surface area contributed by atoms with Gasteiger partial charge in [0, 0.05) is 29.7 Å². The molecule has 2 heterocycles. The Kier molecular flexibility index (Phi) is 9.04. The van der Waals surface area contributed by atoms with Crippen LogP contribution in [0.1, 0.15) is 63.0 Å². The van der Waals surface area contributed by atoms with E-state index in [1.807, 2.05) is 30.6 Å². The van der Waals surface area contributed by atoms with Crippen LogP contribution in [0.4, 0.5) is 11.8 Å². The number of halogens is 3. The fraction of sp³-hybridized carbons (Fsp3) is 0.522. The number of benzene rings is 1. The number of aromatic nitrogens is 4. The lowest BCUT2D eigenvalue weighted by molar-refractivity contribution is 0.410. The molecule has 0 unspecified atom stereocenters.